The Morgan fingerprint density at radius 3 is 2.50 bits per heavy atom. The van der Waals surface area contributed by atoms with E-state index in [-0.39, 0.29) is 11.1 Å². The first kappa shape index (κ1) is 23.7. The summed E-state index contributed by atoms with van der Waals surface area (Å²) < 4.78 is 8.30. The molecule has 5 heterocycles. The number of pyridine rings is 1. The van der Waals surface area contributed by atoms with Crippen LogP contribution in [-0.2, 0) is 4.74 Å². The summed E-state index contributed by atoms with van der Waals surface area (Å²) >= 11 is 3.49. The van der Waals surface area contributed by atoms with Gasteiger partial charge in [0.2, 0.25) is 0 Å². The molecule has 3 aromatic heterocycles. The molecule has 38 heavy (non-hydrogen) atoms. The normalized spacial score (nSPS) is 25.9. The number of halogens is 1. The summed E-state index contributed by atoms with van der Waals surface area (Å²) in [5.74, 6) is -0.909. The monoisotopic (exact) mass is 580 g/mol. The van der Waals surface area contributed by atoms with Crippen LogP contribution in [0.2, 0.25) is 0 Å². The summed E-state index contributed by atoms with van der Waals surface area (Å²) in [5, 5.41) is 44.1. The van der Waals surface area contributed by atoms with Crippen LogP contribution in [0, 0.1) is 0 Å². The van der Waals surface area contributed by atoms with Crippen molar-refractivity contribution < 1.29 is 34.8 Å². The number of benzene rings is 2. The lowest BCUT2D eigenvalue weighted by Crippen LogP contribution is -2.56. The number of aromatic amines is 1. The fourth-order valence-electron chi connectivity index (χ4n) is 5.89. The average molecular weight is 581 g/mol. The third-order valence-electron chi connectivity index (χ3n) is 7.67. The molecule has 0 saturated carbocycles. The summed E-state index contributed by atoms with van der Waals surface area (Å²) in [5.41, 5.74) is 2.46. The SMILES string of the molecule is CN1C(=O)c2c(c3c4cccnc4n(C4O[C@H](CO)[C@@H](O)[C@H](O)[C@H]4O)c3c3[nH]c4ccc(Br)cc4c23)C1=O. The molecule has 5 aromatic rings. The van der Waals surface area contributed by atoms with E-state index in [2.05, 4.69) is 25.9 Å². The third kappa shape index (κ3) is 2.87. The number of hydrogen-bond acceptors (Lipinski definition) is 8. The predicted molar refractivity (Wildman–Crippen MR) is 140 cm³/mol. The number of carbonyl (C=O) groups excluding carboxylic acids is 2. The van der Waals surface area contributed by atoms with E-state index in [1.807, 2.05) is 18.2 Å². The third-order valence-corrected chi connectivity index (χ3v) is 8.16. The molecule has 1 saturated heterocycles. The van der Waals surface area contributed by atoms with Crippen LogP contribution in [0.15, 0.2) is 41.0 Å². The van der Waals surface area contributed by atoms with Gasteiger partial charge in [-0.2, -0.15) is 0 Å². The Balaban J connectivity index is 1.71. The van der Waals surface area contributed by atoms with Crippen molar-refractivity contribution in [3.8, 4) is 0 Å². The van der Waals surface area contributed by atoms with Gasteiger partial charge in [0.05, 0.1) is 28.8 Å². The molecular formula is C26H21BrN4O7. The molecule has 2 aliphatic heterocycles. The Bertz CT molecular complexity index is 1840. The van der Waals surface area contributed by atoms with Gasteiger partial charge in [-0.05, 0) is 30.3 Å². The van der Waals surface area contributed by atoms with Crippen molar-refractivity contribution in [1.82, 2.24) is 19.4 Å². The van der Waals surface area contributed by atoms with E-state index >= 15 is 0 Å². The van der Waals surface area contributed by atoms with E-state index in [9.17, 15) is 30.0 Å². The van der Waals surface area contributed by atoms with Gasteiger partial charge in [-0.25, -0.2) is 4.98 Å². The Labute approximate surface area is 222 Å². The zero-order chi connectivity index (χ0) is 26.6. The first-order chi connectivity index (χ1) is 18.2. The van der Waals surface area contributed by atoms with Crippen molar-refractivity contribution in [2.45, 2.75) is 30.6 Å². The van der Waals surface area contributed by atoms with Crippen molar-refractivity contribution in [2.75, 3.05) is 13.7 Å². The smallest absolute Gasteiger partial charge is 0.262 e. The molecular weight excluding hydrogens is 560 g/mol. The highest BCUT2D eigenvalue weighted by Crippen LogP contribution is 2.46. The van der Waals surface area contributed by atoms with Crippen LogP contribution in [0.25, 0.3) is 43.7 Å². The molecule has 7 rings (SSSR count). The van der Waals surface area contributed by atoms with Gasteiger partial charge in [-0.3, -0.25) is 19.1 Å². The maximum Gasteiger partial charge on any atom is 0.262 e. The molecule has 2 amide bonds. The Morgan fingerprint density at radius 1 is 1.03 bits per heavy atom. The molecule has 5 atom stereocenters. The minimum Gasteiger partial charge on any atom is -0.394 e. The second-order valence-corrected chi connectivity index (χ2v) is 10.6. The van der Waals surface area contributed by atoms with Crippen LogP contribution in [0.5, 0.6) is 0 Å². The number of aromatic nitrogens is 3. The van der Waals surface area contributed by atoms with Crippen LogP contribution in [0.4, 0.5) is 0 Å². The van der Waals surface area contributed by atoms with Crippen molar-refractivity contribution in [2.24, 2.45) is 0 Å². The summed E-state index contributed by atoms with van der Waals surface area (Å²) in [4.78, 5) is 36.0. The summed E-state index contributed by atoms with van der Waals surface area (Å²) in [7, 11) is 1.43. The standard InChI is InChI=1S/C26H21BrN4O7/c1-30-24(36)16-14-11-7-9(27)4-5-12(11)29-18(14)19-15(17(16)25(30)37)10-3-2-6-28-23(10)31(19)26-22(35)21(34)20(33)13(8-32)38-26/h2-7,13,20-22,26,29,32-35H,8H2,1H3/t13-,20-,21+,22-,26?/m1/s1. The molecule has 11 nitrogen and oxygen atoms in total. The van der Waals surface area contributed by atoms with Gasteiger partial charge in [0.1, 0.15) is 30.1 Å². The molecule has 1 unspecified atom stereocenters. The van der Waals surface area contributed by atoms with Crippen molar-refractivity contribution in [3.05, 3.63) is 52.1 Å². The number of aliphatic hydroxyl groups is 4. The summed E-state index contributed by atoms with van der Waals surface area (Å²) in [6.45, 7) is -0.602. The van der Waals surface area contributed by atoms with Gasteiger partial charge in [-0.1, -0.05) is 15.9 Å². The molecule has 1 fully saturated rings. The zero-order valence-corrected chi connectivity index (χ0v) is 21.4. The quantitative estimate of drug-likeness (QED) is 0.197. The van der Waals surface area contributed by atoms with Crippen molar-refractivity contribution >= 4 is 71.5 Å². The maximum absolute atomic E-state index is 13.5. The van der Waals surface area contributed by atoms with Gasteiger partial charge >= 0.3 is 0 Å². The molecule has 194 valence electrons. The first-order valence-electron chi connectivity index (χ1n) is 11.9. The molecule has 5 N–H and O–H groups in total. The fourth-order valence-corrected chi connectivity index (χ4v) is 6.25. The number of rotatable bonds is 2. The Hall–Kier alpha value is -3.39. The van der Waals surface area contributed by atoms with E-state index in [4.69, 9.17) is 4.74 Å². The topological polar surface area (TPSA) is 161 Å². The van der Waals surface area contributed by atoms with Crippen molar-refractivity contribution in [1.29, 1.82) is 0 Å². The lowest BCUT2D eigenvalue weighted by atomic mass is 9.96. The second-order valence-electron chi connectivity index (χ2n) is 9.67. The van der Waals surface area contributed by atoms with Gasteiger partial charge in [-0.15, -0.1) is 0 Å². The summed E-state index contributed by atoms with van der Waals surface area (Å²) in [6.07, 6.45) is -5.68. The molecule has 2 aromatic carbocycles. The number of aliphatic hydroxyl groups excluding tert-OH is 4. The lowest BCUT2D eigenvalue weighted by Gasteiger charge is -2.40. The van der Waals surface area contributed by atoms with Crippen LogP contribution < -0.4 is 0 Å². The van der Waals surface area contributed by atoms with Crippen LogP contribution in [-0.4, -0.2) is 89.7 Å². The molecule has 0 spiro atoms. The number of carbonyl (C=O) groups is 2. The molecule has 12 heteroatoms. The van der Waals surface area contributed by atoms with E-state index in [1.165, 1.54) is 7.05 Å². The number of amides is 2. The number of H-pyrrole nitrogens is 1. The minimum atomic E-state index is -1.62. The number of imide groups is 1. The highest BCUT2D eigenvalue weighted by Gasteiger charge is 2.47. The van der Waals surface area contributed by atoms with Crippen LogP contribution >= 0.6 is 15.9 Å². The van der Waals surface area contributed by atoms with Crippen LogP contribution in [0.1, 0.15) is 26.9 Å². The number of nitrogens with one attached hydrogen (secondary N) is 1. The molecule has 0 radical (unpaired) electrons. The number of fused-ring (bicyclic) bond motifs is 10. The van der Waals surface area contributed by atoms with E-state index < -0.39 is 49.1 Å². The van der Waals surface area contributed by atoms with E-state index in [0.717, 1.165) is 9.37 Å². The van der Waals surface area contributed by atoms with Crippen molar-refractivity contribution in [3.63, 3.8) is 0 Å². The lowest BCUT2D eigenvalue weighted by molar-refractivity contribution is -0.249. The minimum absolute atomic E-state index is 0.210. The molecule has 2 aliphatic rings. The van der Waals surface area contributed by atoms with E-state index in [1.54, 1.807) is 22.9 Å². The van der Waals surface area contributed by atoms with Crippen LogP contribution in [0.3, 0.4) is 0 Å². The molecule has 0 aliphatic carbocycles. The fraction of sp³-hybridized carbons (Fsp3) is 0.269. The van der Waals surface area contributed by atoms with Gasteiger partial charge in [0, 0.05) is 44.8 Å². The van der Waals surface area contributed by atoms with Gasteiger partial charge in [0.15, 0.2) is 6.23 Å². The average Bonchev–Trinajstić information content (AvgIpc) is 3.52. The maximum atomic E-state index is 13.5. The Morgan fingerprint density at radius 2 is 1.76 bits per heavy atom. The van der Waals surface area contributed by atoms with E-state index in [0.29, 0.717) is 43.7 Å². The zero-order valence-electron chi connectivity index (χ0n) is 19.8. The summed E-state index contributed by atoms with van der Waals surface area (Å²) in [6, 6.07) is 9.01. The number of ether oxygens (including phenoxy) is 1. The first-order valence-corrected chi connectivity index (χ1v) is 12.7. The highest BCUT2D eigenvalue weighted by molar-refractivity contribution is 9.10. The Kier molecular flexibility index (Phi) is 5.03. The highest BCUT2D eigenvalue weighted by atomic mass is 79.9. The predicted octanol–water partition coefficient (Wildman–Crippen LogP) is 1.78. The largest absolute Gasteiger partial charge is 0.394 e. The number of hydrogen-bond donors (Lipinski definition) is 5. The number of nitrogens with zero attached hydrogens (tertiary/aromatic N) is 3. The second kappa shape index (κ2) is 8.06. The van der Waals surface area contributed by atoms with Gasteiger partial charge < -0.3 is 30.1 Å². The molecule has 0 bridgehead atoms. The van der Waals surface area contributed by atoms with Gasteiger partial charge in [0.25, 0.3) is 11.8 Å².